The fourth-order valence-corrected chi connectivity index (χ4v) is 5.63. The predicted octanol–water partition coefficient (Wildman–Crippen LogP) is 7.52. The van der Waals surface area contributed by atoms with E-state index in [1.807, 2.05) is 54.6 Å². The first-order valence-electron chi connectivity index (χ1n) is 16.9. The zero-order valence-corrected chi connectivity index (χ0v) is 28.9. The Labute approximate surface area is 294 Å². The molecule has 0 aromatic heterocycles. The van der Waals surface area contributed by atoms with E-state index in [1.54, 1.807) is 69.3 Å². The number of hydroxylamine groups is 2. The molecular formula is C40H47NO9. The number of carbonyl (C=O) groups excluding carboxylic acids is 1. The number of piperidine rings is 1. The largest absolute Gasteiger partial charge is 0.528 e. The van der Waals surface area contributed by atoms with E-state index in [2.05, 4.69) is 0 Å². The van der Waals surface area contributed by atoms with Gasteiger partial charge in [-0.05, 0) is 79.4 Å². The van der Waals surface area contributed by atoms with Crippen molar-refractivity contribution in [3.05, 3.63) is 125 Å². The molecule has 4 aromatic rings. The summed E-state index contributed by atoms with van der Waals surface area (Å²) in [6.07, 6.45) is -0.973. The molecular weight excluding hydrogens is 638 g/mol. The third kappa shape index (κ3) is 11.8. The smallest absolute Gasteiger partial charge is 0.508 e. The van der Waals surface area contributed by atoms with E-state index < -0.39 is 24.0 Å². The summed E-state index contributed by atoms with van der Waals surface area (Å²) in [4.78, 5) is 18.4. The first-order chi connectivity index (χ1) is 24.1. The van der Waals surface area contributed by atoms with Gasteiger partial charge in [0.1, 0.15) is 22.8 Å². The highest BCUT2D eigenvalue weighted by molar-refractivity contribution is 5.60. The molecule has 2 N–H and O–H groups in total. The number of phenolic OH excluding ortho intramolecular Hbond substituents is 2. The fraction of sp³-hybridized carbons (Fsp3) is 0.375. The van der Waals surface area contributed by atoms with Crippen molar-refractivity contribution in [3.63, 3.8) is 0 Å². The second kappa shape index (κ2) is 17.9. The van der Waals surface area contributed by atoms with Gasteiger partial charge < -0.3 is 38.7 Å². The van der Waals surface area contributed by atoms with E-state index in [-0.39, 0.29) is 43.7 Å². The van der Waals surface area contributed by atoms with Crippen molar-refractivity contribution in [2.24, 2.45) is 0 Å². The van der Waals surface area contributed by atoms with Crippen LogP contribution in [0.3, 0.4) is 0 Å². The van der Waals surface area contributed by atoms with Gasteiger partial charge in [0.15, 0.2) is 0 Å². The van der Waals surface area contributed by atoms with Gasteiger partial charge >= 0.3 is 6.16 Å². The van der Waals surface area contributed by atoms with E-state index >= 15 is 0 Å². The normalized spacial score (nSPS) is 18.0. The molecule has 1 aliphatic rings. The van der Waals surface area contributed by atoms with Crippen molar-refractivity contribution in [2.45, 2.75) is 70.7 Å². The van der Waals surface area contributed by atoms with Gasteiger partial charge in [0.05, 0.1) is 58.3 Å². The van der Waals surface area contributed by atoms with Crippen LogP contribution in [0.25, 0.3) is 0 Å². The van der Waals surface area contributed by atoms with E-state index in [4.69, 9.17) is 28.5 Å². The van der Waals surface area contributed by atoms with Crippen molar-refractivity contribution in [3.8, 4) is 17.2 Å². The molecule has 50 heavy (non-hydrogen) atoms. The Morgan fingerprint density at radius 2 is 1.24 bits per heavy atom. The molecule has 1 unspecified atom stereocenters. The van der Waals surface area contributed by atoms with Gasteiger partial charge in [0.2, 0.25) is 0 Å². The van der Waals surface area contributed by atoms with Gasteiger partial charge in [-0.25, -0.2) is 4.79 Å². The number of rotatable bonds is 15. The summed E-state index contributed by atoms with van der Waals surface area (Å²) in [6, 6.07) is 31.7. The van der Waals surface area contributed by atoms with Crippen molar-refractivity contribution < 1.29 is 43.5 Å². The Bertz CT molecular complexity index is 1530. The van der Waals surface area contributed by atoms with Crippen LogP contribution in [0, 0.1) is 0 Å². The molecule has 4 aromatic carbocycles. The Hall–Kier alpha value is -4.61. The Balaban J connectivity index is 1.30. The zero-order valence-electron chi connectivity index (χ0n) is 28.9. The molecule has 0 saturated carbocycles. The highest BCUT2D eigenvalue weighted by Gasteiger charge is 2.41. The van der Waals surface area contributed by atoms with Gasteiger partial charge in [-0.3, -0.25) is 0 Å². The van der Waals surface area contributed by atoms with Crippen LogP contribution in [0.15, 0.2) is 103 Å². The van der Waals surface area contributed by atoms with Gasteiger partial charge in [0, 0.05) is 12.3 Å². The molecule has 1 fully saturated rings. The van der Waals surface area contributed by atoms with E-state index in [1.165, 1.54) is 5.06 Å². The second-order valence-corrected chi connectivity index (χ2v) is 13.3. The number of benzene rings is 4. The third-order valence-corrected chi connectivity index (χ3v) is 8.04. The summed E-state index contributed by atoms with van der Waals surface area (Å²) in [5.74, 6) is 0.839. The highest BCUT2D eigenvalue weighted by atomic mass is 16.8. The lowest BCUT2D eigenvalue weighted by Gasteiger charge is -2.42. The minimum absolute atomic E-state index is 0.172. The van der Waals surface area contributed by atoms with Gasteiger partial charge in [-0.2, -0.15) is 0 Å². The number of phenols is 2. The summed E-state index contributed by atoms with van der Waals surface area (Å²) in [7, 11) is 0. The maximum absolute atomic E-state index is 12.7. The average molecular weight is 686 g/mol. The summed E-state index contributed by atoms with van der Waals surface area (Å²) in [5.41, 5.74) is 3.15. The number of nitrogens with zero attached hydrogens (tertiary/aromatic N) is 1. The zero-order chi connectivity index (χ0) is 35.3. The lowest BCUT2D eigenvalue weighted by molar-refractivity contribution is -0.209. The minimum Gasteiger partial charge on any atom is -0.508 e. The molecule has 5 rings (SSSR count). The Morgan fingerprint density at radius 1 is 0.700 bits per heavy atom. The molecule has 0 bridgehead atoms. The molecule has 266 valence electrons. The first kappa shape index (κ1) is 36.7. The minimum atomic E-state index is -0.808. The molecule has 0 aliphatic carbocycles. The van der Waals surface area contributed by atoms with Gasteiger partial charge in [0.25, 0.3) is 0 Å². The van der Waals surface area contributed by atoms with Crippen LogP contribution in [0.5, 0.6) is 17.2 Å². The first-order valence-corrected chi connectivity index (χ1v) is 16.9. The van der Waals surface area contributed by atoms with E-state index in [0.717, 1.165) is 34.4 Å². The summed E-state index contributed by atoms with van der Waals surface area (Å²) < 4.78 is 30.3. The fourth-order valence-electron chi connectivity index (χ4n) is 5.63. The number of hydrogen-bond acceptors (Lipinski definition) is 10. The maximum Gasteiger partial charge on any atom is 0.528 e. The lowest BCUT2D eigenvalue weighted by atomic mass is 9.85. The topological polar surface area (TPSA) is 116 Å². The molecule has 1 aliphatic heterocycles. The van der Waals surface area contributed by atoms with Crippen LogP contribution in [0.2, 0.25) is 0 Å². The van der Waals surface area contributed by atoms with E-state index in [0.29, 0.717) is 19.8 Å². The van der Waals surface area contributed by atoms with Crippen LogP contribution < -0.4 is 4.74 Å². The van der Waals surface area contributed by atoms with Crippen molar-refractivity contribution >= 4 is 6.16 Å². The van der Waals surface area contributed by atoms with Crippen LogP contribution in [-0.2, 0) is 43.6 Å². The third-order valence-electron chi connectivity index (χ3n) is 8.04. The molecule has 1 saturated heterocycles. The molecule has 10 heteroatoms. The van der Waals surface area contributed by atoms with Crippen LogP contribution >= 0.6 is 0 Å². The standard InChI is InChI=1S/C40H47NO9/c1-40(2,3)49-39(44)50-41-24-36(47-27-30-10-16-33(42)17-11-30)38(37(25-41)48-28-31-12-18-34(43)19-13-31)32-14-20-35(21-15-32)46-23-7-22-45-26-29-8-5-4-6-9-29/h4-6,8-21,36-38,42-43H,7,22-28H2,1-3H3/t36-,37+,38?. The Kier molecular flexibility index (Phi) is 13.1. The SMILES string of the molecule is CC(C)(C)OC(=O)ON1C[C@H](OCc2ccc(O)cc2)C(c2ccc(OCCCOCc3ccccc3)cc2)[C@H](OCc2ccc(O)cc2)C1. The van der Waals surface area contributed by atoms with Crippen molar-refractivity contribution in [1.29, 1.82) is 0 Å². The van der Waals surface area contributed by atoms with E-state index in [9.17, 15) is 15.0 Å². The molecule has 0 amide bonds. The second-order valence-electron chi connectivity index (χ2n) is 13.3. The molecule has 0 spiro atoms. The van der Waals surface area contributed by atoms with Gasteiger partial charge in [-0.1, -0.05) is 66.7 Å². The number of aromatic hydroxyl groups is 2. The van der Waals surface area contributed by atoms with Crippen molar-refractivity contribution in [2.75, 3.05) is 26.3 Å². The lowest BCUT2D eigenvalue weighted by Crippen LogP contribution is -2.53. The van der Waals surface area contributed by atoms with Crippen LogP contribution in [0.1, 0.15) is 55.4 Å². The number of carbonyl (C=O) groups is 1. The average Bonchev–Trinajstić information content (AvgIpc) is 3.09. The molecule has 10 nitrogen and oxygen atoms in total. The summed E-state index contributed by atoms with van der Waals surface area (Å²) in [6.45, 7) is 8.08. The highest BCUT2D eigenvalue weighted by Crippen LogP contribution is 2.35. The monoisotopic (exact) mass is 685 g/mol. The number of hydrogen-bond donors (Lipinski definition) is 2. The molecule has 1 heterocycles. The molecule has 0 radical (unpaired) electrons. The number of ether oxygens (including phenoxy) is 5. The van der Waals surface area contributed by atoms with Gasteiger partial charge in [-0.15, -0.1) is 5.06 Å². The summed E-state index contributed by atoms with van der Waals surface area (Å²) >= 11 is 0. The quantitative estimate of drug-likeness (QED) is 0.0962. The molecule has 3 atom stereocenters. The van der Waals surface area contributed by atoms with Crippen LogP contribution in [-0.4, -0.2) is 65.5 Å². The Morgan fingerprint density at radius 3 is 1.78 bits per heavy atom. The predicted molar refractivity (Wildman–Crippen MR) is 188 cm³/mol. The maximum atomic E-state index is 12.7. The van der Waals surface area contributed by atoms with Crippen LogP contribution in [0.4, 0.5) is 4.79 Å². The summed E-state index contributed by atoms with van der Waals surface area (Å²) in [5, 5.41) is 21.1. The van der Waals surface area contributed by atoms with Crippen molar-refractivity contribution in [1.82, 2.24) is 5.06 Å².